The van der Waals surface area contributed by atoms with E-state index >= 15 is 0 Å². The van der Waals surface area contributed by atoms with E-state index in [9.17, 15) is 14.3 Å². The molecule has 0 aromatic heterocycles. The molecule has 0 aliphatic carbocycles. The number of carboxylic acid groups (broad SMARTS) is 1. The summed E-state index contributed by atoms with van der Waals surface area (Å²) in [7, 11) is 0. The molecule has 2 aromatic rings. The van der Waals surface area contributed by atoms with E-state index in [1.165, 1.54) is 6.07 Å². The Morgan fingerprint density at radius 2 is 2.10 bits per heavy atom. The van der Waals surface area contributed by atoms with Gasteiger partial charge in [0.25, 0.3) is 0 Å². The lowest BCUT2D eigenvalue weighted by Gasteiger charge is -2.25. The average Bonchev–Trinajstić information content (AvgIpc) is 2.82. The maximum atomic E-state index is 13.9. The summed E-state index contributed by atoms with van der Waals surface area (Å²) in [6.07, 6.45) is 0.446. The first-order valence-corrected chi connectivity index (χ1v) is 7.37. The van der Waals surface area contributed by atoms with Gasteiger partial charge in [0.2, 0.25) is 0 Å². The van der Waals surface area contributed by atoms with Crippen molar-refractivity contribution >= 4 is 27.6 Å². The van der Waals surface area contributed by atoms with E-state index in [1.54, 1.807) is 17.0 Å². The van der Waals surface area contributed by atoms with Crippen molar-refractivity contribution in [2.75, 3.05) is 4.90 Å². The van der Waals surface area contributed by atoms with Crippen LogP contribution in [-0.4, -0.2) is 17.1 Å². The Kier molecular flexibility index (Phi) is 3.68. The number of hydrogen-bond acceptors (Lipinski definition) is 2. The van der Waals surface area contributed by atoms with Crippen molar-refractivity contribution in [3.8, 4) is 0 Å². The number of aliphatic carboxylic acids is 1. The summed E-state index contributed by atoms with van der Waals surface area (Å²) in [6, 6.07) is 11.6. The quantitative estimate of drug-likeness (QED) is 0.920. The molecule has 1 aliphatic heterocycles. The van der Waals surface area contributed by atoms with E-state index in [4.69, 9.17) is 0 Å². The van der Waals surface area contributed by atoms with Crippen molar-refractivity contribution in [3.63, 3.8) is 0 Å². The lowest BCUT2D eigenvalue weighted by molar-refractivity contribution is -0.138. The van der Waals surface area contributed by atoms with Crippen LogP contribution in [-0.2, 0) is 17.8 Å². The molecule has 3 nitrogen and oxygen atoms in total. The van der Waals surface area contributed by atoms with Crippen molar-refractivity contribution in [3.05, 3.63) is 63.9 Å². The van der Waals surface area contributed by atoms with Crippen LogP contribution >= 0.6 is 15.9 Å². The zero-order valence-corrected chi connectivity index (χ0v) is 12.7. The summed E-state index contributed by atoms with van der Waals surface area (Å²) in [5, 5.41) is 9.41. The molecule has 3 rings (SSSR count). The van der Waals surface area contributed by atoms with Gasteiger partial charge in [0.15, 0.2) is 0 Å². The van der Waals surface area contributed by atoms with Crippen molar-refractivity contribution in [1.29, 1.82) is 0 Å². The van der Waals surface area contributed by atoms with Crippen LogP contribution in [0.3, 0.4) is 0 Å². The van der Waals surface area contributed by atoms with Gasteiger partial charge in [-0.3, -0.25) is 0 Å². The highest BCUT2D eigenvalue weighted by Crippen LogP contribution is 2.34. The molecule has 0 bridgehead atoms. The number of para-hydroxylation sites is 1. The maximum absolute atomic E-state index is 13.9. The van der Waals surface area contributed by atoms with E-state index in [2.05, 4.69) is 15.9 Å². The second-order valence-corrected chi connectivity index (χ2v) is 5.97. The van der Waals surface area contributed by atoms with Gasteiger partial charge in [0, 0.05) is 28.7 Å². The number of carbonyl (C=O) groups is 1. The number of halogens is 2. The van der Waals surface area contributed by atoms with E-state index in [0.29, 0.717) is 12.0 Å². The molecule has 1 aliphatic rings. The predicted molar refractivity (Wildman–Crippen MR) is 81.9 cm³/mol. The summed E-state index contributed by atoms with van der Waals surface area (Å²) in [5.74, 6) is -1.21. The van der Waals surface area contributed by atoms with Crippen molar-refractivity contribution < 1.29 is 14.3 Å². The monoisotopic (exact) mass is 349 g/mol. The molecule has 0 radical (unpaired) electrons. The van der Waals surface area contributed by atoms with Crippen LogP contribution < -0.4 is 4.90 Å². The van der Waals surface area contributed by atoms with Gasteiger partial charge >= 0.3 is 5.97 Å². The molecular formula is C16H13BrFNO2. The van der Waals surface area contributed by atoms with E-state index < -0.39 is 12.0 Å². The van der Waals surface area contributed by atoms with Crippen LogP contribution in [0.25, 0.3) is 0 Å². The van der Waals surface area contributed by atoms with Crippen LogP contribution in [0.1, 0.15) is 11.1 Å². The Morgan fingerprint density at radius 1 is 1.33 bits per heavy atom. The van der Waals surface area contributed by atoms with Crippen molar-refractivity contribution in [2.45, 2.75) is 19.0 Å². The van der Waals surface area contributed by atoms with Gasteiger partial charge in [0.05, 0.1) is 0 Å². The smallest absolute Gasteiger partial charge is 0.326 e. The molecule has 2 aromatic carbocycles. The van der Waals surface area contributed by atoms with E-state index in [0.717, 1.165) is 15.7 Å². The maximum Gasteiger partial charge on any atom is 0.326 e. The lowest BCUT2D eigenvalue weighted by atomic mass is 10.1. The van der Waals surface area contributed by atoms with Crippen LogP contribution in [0.15, 0.2) is 46.9 Å². The highest BCUT2D eigenvalue weighted by Gasteiger charge is 2.34. The highest BCUT2D eigenvalue weighted by molar-refractivity contribution is 9.10. The largest absolute Gasteiger partial charge is 0.480 e. The van der Waals surface area contributed by atoms with E-state index in [1.807, 2.05) is 24.3 Å². The molecule has 0 fully saturated rings. The first-order chi connectivity index (χ1) is 10.1. The van der Waals surface area contributed by atoms with Gasteiger partial charge in [-0.1, -0.05) is 34.1 Å². The Balaban J connectivity index is 1.98. The first-order valence-electron chi connectivity index (χ1n) is 6.57. The minimum absolute atomic E-state index is 0.235. The summed E-state index contributed by atoms with van der Waals surface area (Å²) in [6.45, 7) is 0.235. The van der Waals surface area contributed by atoms with Gasteiger partial charge < -0.3 is 10.0 Å². The number of nitrogens with zero attached hydrogens (tertiary/aromatic N) is 1. The normalized spacial score (nSPS) is 16.9. The number of hydrogen-bond donors (Lipinski definition) is 1. The molecule has 1 atom stereocenters. The molecule has 108 valence electrons. The molecule has 0 saturated heterocycles. The Hall–Kier alpha value is -1.88. The third-order valence-electron chi connectivity index (χ3n) is 3.72. The van der Waals surface area contributed by atoms with Gasteiger partial charge in [-0.15, -0.1) is 0 Å². The van der Waals surface area contributed by atoms with Crippen LogP contribution in [0.4, 0.5) is 10.1 Å². The fourth-order valence-electron chi connectivity index (χ4n) is 2.71. The van der Waals surface area contributed by atoms with E-state index in [-0.39, 0.29) is 12.4 Å². The Morgan fingerprint density at radius 3 is 2.86 bits per heavy atom. The topological polar surface area (TPSA) is 40.5 Å². The number of rotatable bonds is 3. The second kappa shape index (κ2) is 5.48. The summed E-state index contributed by atoms with van der Waals surface area (Å²) < 4.78 is 14.7. The molecule has 0 saturated carbocycles. The molecule has 1 unspecified atom stereocenters. The lowest BCUT2D eigenvalue weighted by Crippen LogP contribution is -2.38. The third kappa shape index (κ3) is 2.65. The fourth-order valence-corrected chi connectivity index (χ4v) is 3.12. The molecule has 0 spiro atoms. The predicted octanol–water partition coefficient (Wildman–Crippen LogP) is 3.60. The third-order valence-corrected chi connectivity index (χ3v) is 4.22. The highest BCUT2D eigenvalue weighted by atomic mass is 79.9. The van der Waals surface area contributed by atoms with Crippen molar-refractivity contribution in [2.24, 2.45) is 0 Å². The number of carboxylic acids is 1. The number of anilines is 1. The minimum atomic E-state index is -0.887. The molecule has 1 heterocycles. The first kappa shape index (κ1) is 14.1. The zero-order chi connectivity index (χ0) is 15.0. The Bertz CT molecular complexity index is 704. The molecule has 1 N–H and O–H groups in total. The molecule has 5 heteroatoms. The van der Waals surface area contributed by atoms with Gasteiger partial charge in [0.1, 0.15) is 11.9 Å². The SMILES string of the molecule is O=C(O)C1Cc2ccccc2N1Cc1cc(Br)ccc1F. The second-order valence-electron chi connectivity index (χ2n) is 5.05. The zero-order valence-electron chi connectivity index (χ0n) is 11.1. The standard InChI is InChI=1S/C16H13BrFNO2/c17-12-5-6-13(18)11(7-12)9-19-14-4-2-1-3-10(14)8-15(19)16(20)21/h1-7,15H,8-9H2,(H,20,21). The summed E-state index contributed by atoms with van der Waals surface area (Å²) in [5.41, 5.74) is 2.33. The fraction of sp³-hybridized carbons (Fsp3) is 0.188. The average molecular weight is 350 g/mol. The van der Waals surface area contributed by atoms with Gasteiger partial charge in [-0.2, -0.15) is 0 Å². The van der Waals surface area contributed by atoms with Gasteiger partial charge in [-0.05, 0) is 29.8 Å². The summed E-state index contributed by atoms with van der Waals surface area (Å²) >= 11 is 3.32. The minimum Gasteiger partial charge on any atom is -0.480 e. The number of fused-ring (bicyclic) bond motifs is 1. The number of benzene rings is 2. The Labute approximate surface area is 130 Å². The molecule has 0 amide bonds. The summed E-state index contributed by atoms with van der Waals surface area (Å²) in [4.78, 5) is 13.2. The van der Waals surface area contributed by atoms with Gasteiger partial charge in [-0.25, -0.2) is 9.18 Å². The molecular weight excluding hydrogens is 337 g/mol. The molecule has 21 heavy (non-hydrogen) atoms. The van der Waals surface area contributed by atoms with Crippen molar-refractivity contribution in [1.82, 2.24) is 0 Å². The van der Waals surface area contributed by atoms with Crippen LogP contribution in [0.5, 0.6) is 0 Å². The van der Waals surface area contributed by atoms with Crippen LogP contribution in [0.2, 0.25) is 0 Å². The van der Waals surface area contributed by atoms with Crippen LogP contribution in [0, 0.1) is 5.82 Å².